The molecule has 0 fully saturated rings. The van der Waals surface area contributed by atoms with Gasteiger partial charge >= 0.3 is 0 Å². The minimum absolute atomic E-state index is 0.0546. The summed E-state index contributed by atoms with van der Waals surface area (Å²) in [6.45, 7) is 1.51. The minimum atomic E-state index is 0.0546. The molecule has 0 saturated carbocycles. The smallest absolute Gasteiger partial charge is 0.241 e. The van der Waals surface area contributed by atoms with E-state index in [0.717, 1.165) is 21.3 Å². The number of benzene rings is 2. The van der Waals surface area contributed by atoms with Crippen molar-refractivity contribution in [1.82, 2.24) is 5.32 Å². The van der Waals surface area contributed by atoms with Crippen LogP contribution in [0.15, 0.2) is 46.9 Å². The van der Waals surface area contributed by atoms with E-state index >= 15 is 0 Å². The third kappa shape index (κ3) is 3.12. The van der Waals surface area contributed by atoms with E-state index in [0.29, 0.717) is 24.7 Å². The lowest BCUT2D eigenvalue weighted by molar-refractivity contribution is -0.117. The lowest BCUT2D eigenvalue weighted by Gasteiger charge is -2.23. The van der Waals surface area contributed by atoms with Crippen molar-refractivity contribution in [3.63, 3.8) is 0 Å². The van der Waals surface area contributed by atoms with Gasteiger partial charge < -0.3 is 10.2 Å². The predicted octanol–water partition coefficient (Wildman–Crippen LogP) is 3.74. The molecule has 1 amide bonds. The van der Waals surface area contributed by atoms with Crippen LogP contribution in [-0.2, 0) is 17.9 Å². The van der Waals surface area contributed by atoms with Crippen LogP contribution in [0.1, 0.15) is 11.1 Å². The van der Waals surface area contributed by atoms with E-state index in [2.05, 4.69) is 21.2 Å². The molecule has 0 bridgehead atoms. The summed E-state index contributed by atoms with van der Waals surface area (Å²) in [4.78, 5) is 14.2. The van der Waals surface area contributed by atoms with Crippen LogP contribution in [0.5, 0.6) is 0 Å². The van der Waals surface area contributed by atoms with E-state index in [9.17, 15) is 4.79 Å². The number of hydrogen-bond donors (Lipinski definition) is 1. The molecule has 0 aliphatic carbocycles. The standard InChI is InChI=1S/C16H14BrClN2O/c17-13-6-5-12(14(18)7-13)10-20-15-4-2-1-3-11(15)8-19-9-16(20)21/h1-7,19H,8-10H2. The summed E-state index contributed by atoms with van der Waals surface area (Å²) < 4.78 is 0.931. The fourth-order valence-electron chi connectivity index (χ4n) is 2.45. The van der Waals surface area contributed by atoms with Crippen LogP contribution in [0.3, 0.4) is 0 Å². The van der Waals surface area contributed by atoms with Crippen LogP contribution in [0.25, 0.3) is 0 Å². The number of hydrogen-bond acceptors (Lipinski definition) is 2. The van der Waals surface area contributed by atoms with Crippen LogP contribution >= 0.6 is 27.5 Å². The van der Waals surface area contributed by atoms with Crippen molar-refractivity contribution in [2.75, 3.05) is 11.4 Å². The van der Waals surface area contributed by atoms with Gasteiger partial charge in [0.15, 0.2) is 0 Å². The summed E-state index contributed by atoms with van der Waals surface area (Å²) in [5.41, 5.74) is 3.01. The molecule has 21 heavy (non-hydrogen) atoms. The van der Waals surface area contributed by atoms with Crippen molar-refractivity contribution in [2.45, 2.75) is 13.1 Å². The van der Waals surface area contributed by atoms with Crippen molar-refractivity contribution < 1.29 is 4.79 Å². The highest BCUT2D eigenvalue weighted by Crippen LogP contribution is 2.28. The average molecular weight is 366 g/mol. The molecule has 0 spiro atoms. The van der Waals surface area contributed by atoms with Gasteiger partial charge in [0.25, 0.3) is 0 Å². The van der Waals surface area contributed by atoms with E-state index < -0.39 is 0 Å². The van der Waals surface area contributed by atoms with E-state index in [1.807, 2.05) is 42.5 Å². The molecule has 0 aromatic heterocycles. The number of halogens is 2. The molecule has 5 heteroatoms. The lowest BCUT2D eigenvalue weighted by Crippen LogP contribution is -2.35. The second kappa shape index (κ2) is 6.18. The quantitative estimate of drug-likeness (QED) is 0.879. The number of amides is 1. The SMILES string of the molecule is O=C1CNCc2ccccc2N1Cc1ccc(Br)cc1Cl. The van der Waals surface area contributed by atoms with Gasteiger partial charge in [-0.2, -0.15) is 0 Å². The first-order valence-corrected chi connectivity index (χ1v) is 7.85. The fraction of sp³-hybridized carbons (Fsp3) is 0.188. The maximum Gasteiger partial charge on any atom is 0.241 e. The molecule has 1 aliphatic heterocycles. The number of nitrogens with zero attached hydrogens (tertiary/aromatic N) is 1. The Bertz CT molecular complexity index is 690. The zero-order chi connectivity index (χ0) is 14.8. The minimum Gasteiger partial charge on any atom is -0.307 e. The molecule has 0 unspecified atom stereocenters. The van der Waals surface area contributed by atoms with Crippen molar-refractivity contribution in [3.8, 4) is 0 Å². The number of rotatable bonds is 2. The largest absolute Gasteiger partial charge is 0.307 e. The zero-order valence-electron chi connectivity index (χ0n) is 11.3. The summed E-state index contributed by atoms with van der Waals surface area (Å²) in [5, 5.41) is 3.82. The number of fused-ring (bicyclic) bond motifs is 1. The van der Waals surface area contributed by atoms with Crippen LogP contribution in [0.4, 0.5) is 5.69 Å². The van der Waals surface area contributed by atoms with Gasteiger partial charge in [-0.05, 0) is 29.3 Å². The van der Waals surface area contributed by atoms with Crippen molar-refractivity contribution in [1.29, 1.82) is 0 Å². The lowest BCUT2D eigenvalue weighted by atomic mass is 10.1. The second-order valence-electron chi connectivity index (χ2n) is 4.95. The van der Waals surface area contributed by atoms with E-state index in [1.54, 1.807) is 4.90 Å². The predicted molar refractivity (Wildman–Crippen MR) is 88.5 cm³/mol. The zero-order valence-corrected chi connectivity index (χ0v) is 13.6. The van der Waals surface area contributed by atoms with Gasteiger partial charge in [-0.15, -0.1) is 0 Å². The maximum absolute atomic E-state index is 12.4. The number of anilines is 1. The van der Waals surface area contributed by atoms with Crippen molar-refractivity contribution in [2.24, 2.45) is 0 Å². The van der Waals surface area contributed by atoms with Gasteiger partial charge in [-0.1, -0.05) is 51.8 Å². The molecule has 1 N–H and O–H groups in total. The Labute approximate surface area is 137 Å². The topological polar surface area (TPSA) is 32.3 Å². The first-order chi connectivity index (χ1) is 10.1. The van der Waals surface area contributed by atoms with Gasteiger partial charge in [-0.25, -0.2) is 0 Å². The molecule has 1 aliphatic rings. The summed E-state index contributed by atoms with van der Waals surface area (Å²) in [5.74, 6) is 0.0546. The van der Waals surface area contributed by atoms with Gasteiger partial charge in [0.05, 0.1) is 13.1 Å². The number of carbonyl (C=O) groups excluding carboxylic acids is 1. The summed E-state index contributed by atoms with van der Waals surface area (Å²) in [7, 11) is 0. The van der Waals surface area contributed by atoms with Gasteiger partial charge in [0, 0.05) is 21.7 Å². The normalized spacial score (nSPS) is 14.8. The van der Waals surface area contributed by atoms with Crippen molar-refractivity contribution >= 4 is 39.1 Å². The maximum atomic E-state index is 12.4. The monoisotopic (exact) mass is 364 g/mol. The Balaban J connectivity index is 1.98. The Hall–Kier alpha value is -1.36. The highest BCUT2D eigenvalue weighted by molar-refractivity contribution is 9.10. The Kier molecular flexibility index (Phi) is 4.29. The first-order valence-electron chi connectivity index (χ1n) is 6.68. The second-order valence-corrected chi connectivity index (χ2v) is 6.27. The highest BCUT2D eigenvalue weighted by Gasteiger charge is 2.22. The van der Waals surface area contributed by atoms with Crippen LogP contribution in [0, 0.1) is 0 Å². The Morgan fingerprint density at radius 3 is 2.81 bits per heavy atom. The van der Waals surface area contributed by atoms with Gasteiger partial charge in [0.1, 0.15) is 0 Å². The molecular weight excluding hydrogens is 352 g/mol. The first kappa shape index (κ1) is 14.6. The number of carbonyl (C=O) groups is 1. The Morgan fingerprint density at radius 1 is 1.19 bits per heavy atom. The molecule has 0 radical (unpaired) electrons. The molecule has 1 heterocycles. The molecule has 0 saturated heterocycles. The van der Waals surface area contributed by atoms with E-state index in [1.165, 1.54) is 0 Å². The molecule has 2 aromatic carbocycles. The molecule has 3 nitrogen and oxygen atoms in total. The van der Waals surface area contributed by atoms with Crippen LogP contribution in [-0.4, -0.2) is 12.5 Å². The molecule has 2 aromatic rings. The molecular formula is C16H14BrClN2O. The summed E-state index contributed by atoms with van der Waals surface area (Å²) in [6.07, 6.45) is 0. The third-order valence-corrected chi connectivity index (χ3v) is 4.36. The van der Waals surface area contributed by atoms with Gasteiger partial charge in [0.2, 0.25) is 5.91 Å². The molecule has 3 rings (SSSR count). The van der Waals surface area contributed by atoms with Crippen molar-refractivity contribution in [3.05, 3.63) is 63.1 Å². The Morgan fingerprint density at radius 2 is 2.00 bits per heavy atom. The number of para-hydroxylation sites is 1. The summed E-state index contributed by atoms with van der Waals surface area (Å²) >= 11 is 9.68. The molecule has 108 valence electrons. The molecule has 0 atom stereocenters. The third-order valence-electron chi connectivity index (χ3n) is 3.52. The highest BCUT2D eigenvalue weighted by atomic mass is 79.9. The van der Waals surface area contributed by atoms with Crippen LogP contribution in [0.2, 0.25) is 5.02 Å². The fourth-order valence-corrected chi connectivity index (χ4v) is 3.18. The number of nitrogens with one attached hydrogen (secondary N) is 1. The van der Waals surface area contributed by atoms with E-state index in [4.69, 9.17) is 11.6 Å². The average Bonchev–Trinajstić information content (AvgIpc) is 2.62. The van der Waals surface area contributed by atoms with Crippen LogP contribution < -0.4 is 10.2 Å². The summed E-state index contributed by atoms with van der Waals surface area (Å²) in [6, 6.07) is 13.7. The van der Waals surface area contributed by atoms with Gasteiger partial charge in [-0.3, -0.25) is 4.79 Å². The van der Waals surface area contributed by atoms with E-state index in [-0.39, 0.29) is 5.91 Å².